The Hall–Kier alpha value is -2.72. The van der Waals surface area contributed by atoms with Crippen LogP contribution in [0.5, 0.6) is 0 Å². The van der Waals surface area contributed by atoms with E-state index in [0.717, 1.165) is 23.8 Å². The van der Waals surface area contributed by atoms with Gasteiger partial charge in [-0.15, -0.1) is 11.3 Å². The highest BCUT2D eigenvalue weighted by molar-refractivity contribution is 7.22. The molecular weight excluding hydrogens is 350 g/mol. The van der Waals surface area contributed by atoms with E-state index in [0.29, 0.717) is 6.04 Å². The van der Waals surface area contributed by atoms with E-state index in [1.807, 2.05) is 6.92 Å². The van der Waals surface area contributed by atoms with E-state index in [9.17, 15) is 0 Å². The summed E-state index contributed by atoms with van der Waals surface area (Å²) < 4.78 is 1.29. The fourth-order valence-corrected chi connectivity index (χ4v) is 4.98. The van der Waals surface area contributed by atoms with Crippen LogP contribution < -0.4 is 5.32 Å². The molecule has 0 fully saturated rings. The van der Waals surface area contributed by atoms with Gasteiger partial charge in [0.25, 0.3) is 0 Å². The van der Waals surface area contributed by atoms with E-state index in [4.69, 9.17) is 4.98 Å². The maximum absolute atomic E-state index is 4.70. The Morgan fingerprint density at radius 2 is 1.85 bits per heavy atom. The molecule has 0 radical (unpaired) electrons. The number of hydrogen-bond acceptors (Lipinski definition) is 4. The summed E-state index contributed by atoms with van der Waals surface area (Å²) >= 11 is 1.78. The predicted molar refractivity (Wildman–Crippen MR) is 113 cm³/mol. The molecule has 0 saturated carbocycles. The van der Waals surface area contributed by atoms with Gasteiger partial charge in [-0.2, -0.15) is 0 Å². The van der Waals surface area contributed by atoms with Crippen LogP contribution in [0.3, 0.4) is 0 Å². The molecule has 2 aromatic heterocycles. The zero-order valence-electron chi connectivity index (χ0n) is 15.3. The topological polar surface area (TPSA) is 37.8 Å². The Bertz CT molecular complexity index is 1080. The Morgan fingerprint density at radius 1 is 1.00 bits per heavy atom. The monoisotopic (exact) mass is 371 g/mol. The van der Waals surface area contributed by atoms with E-state index in [1.54, 1.807) is 11.3 Å². The molecule has 1 atom stereocenters. The fraction of sp³-hybridized carbons (Fsp3) is 0.217. The Morgan fingerprint density at radius 3 is 2.78 bits per heavy atom. The lowest BCUT2D eigenvalue weighted by atomic mass is 9.88. The van der Waals surface area contributed by atoms with E-state index in [-0.39, 0.29) is 0 Å². The molecule has 2 aromatic carbocycles. The van der Waals surface area contributed by atoms with Crippen LogP contribution in [0.4, 0.5) is 5.82 Å². The first kappa shape index (κ1) is 16.5. The first-order chi connectivity index (χ1) is 13.3. The second-order valence-corrected chi connectivity index (χ2v) is 8.21. The molecule has 0 unspecified atom stereocenters. The highest BCUT2D eigenvalue weighted by atomic mass is 32.1. The largest absolute Gasteiger partial charge is 0.363 e. The summed E-state index contributed by atoms with van der Waals surface area (Å²) in [5.41, 5.74) is 3.86. The van der Waals surface area contributed by atoms with Crippen molar-refractivity contribution in [2.45, 2.75) is 32.2 Å². The summed E-state index contributed by atoms with van der Waals surface area (Å²) in [6.07, 6.45) is 3.52. The minimum atomic E-state index is 0.319. The lowest BCUT2D eigenvalue weighted by Crippen LogP contribution is -2.18. The number of thiophene rings is 1. The molecule has 1 aliphatic rings. The van der Waals surface area contributed by atoms with E-state index < -0.39 is 0 Å². The maximum atomic E-state index is 4.70. The molecular formula is C23H21N3S. The Kier molecular flexibility index (Phi) is 4.13. The number of aromatic nitrogens is 2. The molecule has 0 aliphatic heterocycles. The van der Waals surface area contributed by atoms with Gasteiger partial charge in [0.1, 0.15) is 11.6 Å². The van der Waals surface area contributed by atoms with E-state index >= 15 is 0 Å². The average Bonchev–Trinajstić information content (AvgIpc) is 3.12. The van der Waals surface area contributed by atoms with Crippen LogP contribution in [-0.2, 0) is 6.42 Å². The zero-order chi connectivity index (χ0) is 18.2. The standard InChI is InChI=1S/C23H21N3S/c1-15-24-20(22-13-17-8-3-5-12-21(17)27-22)14-23(25-15)26-19-11-6-9-16-7-2-4-10-18(16)19/h2-5,7-8,10,12-14,19H,6,9,11H2,1H3,(H,24,25,26)/t19-/m1/s1. The molecule has 3 nitrogen and oxygen atoms in total. The van der Waals surface area contributed by atoms with E-state index in [1.165, 1.54) is 38.9 Å². The molecule has 0 amide bonds. The van der Waals surface area contributed by atoms with Crippen molar-refractivity contribution in [1.29, 1.82) is 0 Å². The van der Waals surface area contributed by atoms with Gasteiger partial charge >= 0.3 is 0 Å². The van der Waals surface area contributed by atoms with Gasteiger partial charge in [0.05, 0.1) is 16.6 Å². The first-order valence-electron chi connectivity index (χ1n) is 9.45. The van der Waals surface area contributed by atoms with Gasteiger partial charge in [-0.05, 0) is 54.8 Å². The number of anilines is 1. The van der Waals surface area contributed by atoms with Crippen LogP contribution in [0.15, 0.2) is 60.7 Å². The summed E-state index contributed by atoms with van der Waals surface area (Å²) in [5.74, 6) is 1.72. The normalized spacial score (nSPS) is 16.3. The van der Waals surface area contributed by atoms with Crippen LogP contribution in [0, 0.1) is 6.92 Å². The molecule has 1 aliphatic carbocycles. The van der Waals surface area contributed by atoms with Crippen LogP contribution in [0.1, 0.15) is 35.8 Å². The Balaban J connectivity index is 1.49. The predicted octanol–water partition coefficient (Wildman–Crippen LogP) is 6.16. The summed E-state index contributed by atoms with van der Waals surface area (Å²) in [6, 6.07) is 21.9. The van der Waals surface area contributed by atoms with Gasteiger partial charge in [0.2, 0.25) is 0 Å². The lowest BCUT2D eigenvalue weighted by molar-refractivity contribution is 0.598. The molecule has 0 bridgehead atoms. The number of rotatable bonds is 3. The number of hydrogen-bond donors (Lipinski definition) is 1. The van der Waals surface area contributed by atoms with Crippen molar-refractivity contribution >= 4 is 27.2 Å². The van der Waals surface area contributed by atoms with Gasteiger partial charge in [-0.25, -0.2) is 9.97 Å². The molecule has 0 spiro atoms. The van der Waals surface area contributed by atoms with Crippen LogP contribution in [0.2, 0.25) is 0 Å². The third kappa shape index (κ3) is 3.21. The van der Waals surface area contributed by atoms with Gasteiger partial charge < -0.3 is 5.32 Å². The smallest absolute Gasteiger partial charge is 0.130 e. The summed E-state index contributed by atoms with van der Waals surface area (Å²) in [7, 11) is 0. The minimum Gasteiger partial charge on any atom is -0.363 e. The van der Waals surface area contributed by atoms with Crippen LogP contribution in [0.25, 0.3) is 20.7 Å². The van der Waals surface area contributed by atoms with Gasteiger partial charge in [0, 0.05) is 10.8 Å². The molecule has 0 saturated heterocycles. The average molecular weight is 372 g/mol. The summed E-state index contributed by atoms with van der Waals surface area (Å²) in [5, 5.41) is 4.94. The number of fused-ring (bicyclic) bond motifs is 2. The number of nitrogens with zero attached hydrogens (tertiary/aromatic N) is 2. The van der Waals surface area contributed by atoms with Gasteiger partial charge in [0.15, 0.2) is 0 Å². The molecule has 134 valence electrons. The molecule has 1 N–H and O–H groups in total. The SMILES string of the molecule is Cc1nc(N[C@@H]2CCCc3ccccc32)cc(-c2cc3ccccc3s2)n1. The molecule has 2 heterocycles. The second kappa shape index (κ2) is 6.78. The van der Waals surface area contributed by atoms with Crippen LogP contribution in [-0.4, -0.2) is 9.97 Å². The first-order valence-corrected chi connectivity index (χ1v) is 10.3. The van der Waals surface area contributed by atoms with Crippen molar-refractivity contribution in [2.75, 3.05) is 5.32 Å². The second-order valence-electron chi connectivity index (χ2n) is 7.12. The molecule has 4 heteroatoms. The number of benzene rings is 2. The maximum Gasteiger partial charge on any atom is 0.130 e. The van der Waals surface area contributed by atoms with E-state index in [2.05, 4.69) is 71.0 Å². The third-order valence-corrected chi connectivity index (χ3v) is 6.35. The lowest BCUT2D eigenvalue weighted by Gasteiger charge is -2.27. The van der Waals surface area contributed by atoms with Crippen molar-refractivity contribution in [3.8, 4) is 10.6 Å². The number of aryl methyl sites for hydroxylation is 2. The quantitative estimate of drug-likeness (QED) is 0.469. The van der Waals surface area contributed by atoms with Crippen molar-refractivity contribution in [2.24, 2.45) is 0 Å². The summed E-state index contributed by atoms with van der Waals surface area (Å²) in [4.78, 5) is 10.5. The van der Waals surface area contributed by atoms with Crippen molar-refractivity contribution in [1.82, 2.24) is 9.97 Å². The van der Waals surface area contributed by atoms with Crippen molar-refractivity contribution in [3.63, 3.8) is 0 Å². The highest BCUT2D eigenvalue weighted by Crippen LogP contribution is 2.35. The third-order valence-electron chi connectivity index (χ3n) is 5.21. The minimum absolute atomic E-state index is 0.319. The van der Waals surface area contributed by atoms with Gasteiger partial charge in [-0.1, -0.05) is 42.5 Å². The fourth-order valence-electron chi connectivity index (χ4n) is 3.96. The molecule has 5 rings (SSSR count). The Labute approximate surface area is 163 Å². The number of nitrogens with one attached hydrogen (secondary N) is 1. The highest BCUT2D eigenvalue weighted by Gasteiger charge is 2.20. The molecule has 4 aromatic rings. The zero-order valence-corrected chi connectivity index (χ0v) is 16.1. The van der Waals surface area contributed by atoms with Crippen molar-refractivity contribution < 1.29 is 0 Å². The molecule has 27 heavy (non-hydrogen) atoms. The summed E-state index contributed by atoms with van der Waals surface area (Å²) in [6.45, 7) is 1.97. The van der Waals surface area contributed by atoms with Crippen LogP contribution >= 0.6 is 11.3 Å². The van der Waals surface area contributed by atoms with Crippen molar-refractivity contribution in [3.05, 3.63) is 77.6 Å². The van der Waals surface area contributed by atoms with Gasteiger partial charge in [-0.3, -0.25) is 0 Å².